The van der Waals surface area contributed by atoms with Crippen molar-refractivity contribution in [3.63, 3.8) is 0 Å². The Morgan fingerprint density at radius 1 is 0.313 bits per heavy atom. The molecule has 1 unspecified atom stereocenters. The van der Waals surface area contributed by atoms with Gasteiger partial charge in [-0.3, -0.25) is 14.4 Å². The Morgan fingerprint density at radius 2 is 0.612 bits per heavy atom. The van der Waals surface area contributed by atoms with Gasteiger partial charge >= 0.3 is 17.9 Å². The lowest BCUT2D eigenvalue weighted by atomic mass is 10.1. The second-order valence-corrected chi connectivity index (χ2v) is 18.5. The third kappa shape index (κ3) is 53.4. The fourth-order valence-corrected chi connectivity index (χ4v) is 7.66. The molecule has 0 bridgehead atoms. The summed E-state index contributed by atoms with van der Waals surface area (Å²) in [4.78, 5) is 38.1. The molecule has 6 nitrogen and oxygen atoms in total. The summed E-state index contributed by atoms with van der Waals surface area (Å²) in [7, 11) is 0. The van der Waals surface area contributed by atoms with Crippen LogP contribution in [0.1, 0.15) is 265 Å². The average Bonchev–Trinajstić information content (AvgIpc) is 3.33. The first kappa shape index (κ1) is 63.6. The first-order chi connectivity index (χ1) is 33.0. The van der Waals surface area contributed by atoms with Crippen LogP contribution < -0.4 is 0 Å². The van der Waals surface area contributed by atoms with Crippen molar-refractivity contribution in [2.45, 2.75) is 271 Å². The zero-order valence-electron chi connectivity index (χ0n) is 43.9. The third-order valence-corrected chi connectivity index (χ3v) is 11.9. The van der Waals surface area contributed by atoms with Gasteiger partial charge in [0.1, 0.15) is 13.2 Å². The van der Waals surface area contributed by atoms with Crippen molar-refractivity contribution in [3.05, 3.63) is 85.1 Å². The Morgan fingerprint density at radius 3 is 1.03 bits per heavy atom. The number of carbonyl (C=O) groups excluding carboxylic acids is 3. The molecule has 67 heavy (non-hydrogen) atoms. The summed E-state index contributed by atoms with van der Waals surface area (Å²) in [6.45, 7) is 6.44. The van der Waals surface area contributed by atoms with Crippen molar-refractivity contribution in [1.29, 1.82) is 0 Å². The normalized spacial score (nSPS) is 12.7. The van der Waals surface area contributed by atoms with Crippen LogP contribution in [0.25, 0.3) is 0 Å². The van der Waals surface area contributed by atoms with Crippen molar-refractivity contribution in [2.24, 2.45) is 0 Å². The smallest absolute Gasteiger partial charge is 0.306 e. The summed E-state index contributed by atoms with van der Waals surface area (Å²) in [5, 5.41) is 0. The van der Waals surface area contributed by atoms with Crippen molar-refractivity contribution in [2.75, 3.05) is 13.2 Å². The topological polar surface area (TPSA) is 78.9 Å². The molecule has 0 spiro atoms. The van der Waals surface area contributed by atoms with E-state index < -0.39 is 6.10 Å². The minimum absolute atomic E-state index is 0.0997. The van der Waals surface area contributed by atoms with Gasteiger partial charge in [-0.2, -0.15) is 0 Å². The molecule has 0 heterocycles. The van der Waals surface area contributed by atoms with Crippen LogP contribution in [-0.2, 0) is 28.6 Å². The molecule has 0 aliphatic heterocycles. The Balaban J connectivity index is 4.43. The van der Waals surface area contributed by atoms with E-state index in [4.69, 9.17) is 14.2 Å². The largest absolute Gasteiger partial charge is 0.462 e. The van der Waals surface area contributed by atoms with Crippen molar-refractivity contribution < 1.29 is 28.6 Å². The van der Waals surface area contributed by atoms with Gasteiger partial charge in [-0.25, -0.2) is 0 Å². The number of hydrogen-bond donors (Lipinski definition) is 0. The molecular formula is C61H104O6. The summed E-state index contributed by atoms with van der Waals surface area (Å²) >= 11 is 0. The molecule has 0 aromatic rings. The van der Waals surface area contributed by atoms with E-state index in [1.807, 2.05) is 6.08 Å². The zero-order valence-corrected chi connectivity index (χ0v) is 43.9. The van der Waals surface area contributed by atoms with E-state index in [9.17, 15) is 14.4 Å². The van der Waals surface area contributed by atoms with Crippen molar-refractivity contribution >= 4 is 17.9 Å². The van der Waals surface area contributed by atoms with Crippen molar-refractivity contribution in [1.82, 2.24) is 0 Å². The van der Waals surface area contributed by atoms with Gasteiger partial charge in [-0.1, -0.05) is 228 Å². The molecule has 0 rings (SSSR count). The fraction of sp³-hybridized carbons (Fsp3) is 0.721. The Kier molecular flexibility index (Phi) is 52.4. The Hall–Kier alpha value is -3.41. The highest BCUT2D eigenvalue weighted by Gasteiger charge is 2.19. The van der Waals surface area contributed by atoms with Gasteiger partial charge in [0.2, 0.25) is 0 Å². The van der Waals surface area contributed by atoms with Gasteiger partial charge < -0.3 is 14.2 Å². The van der Waals surface area contributed by atoms with Crippen molar-refractivity contribution in [3.8, 4) is 0 Å². The number of carbonyl (C=O) groups is 3. The van der Waals surface area contributed by atoms with Crippen LogP contribution in [0.5, 0.6) is 0 Å². The minimum atomic E-state index is -0.806. The second kappa shape index (κ2) is 55.2. The van der Waals surface area contributed by atoms with Gasteiger partial charge in [0, 0.05) is 19.3 Å². The number of allylic oxidation sites excluding steroid dienone is 14. The molecule has 0 aliphatic carbocycles. The van der Waals surface area contributed by atoms with Gasteiger partial charge in [-0.15, -0.1) is 0 Å². The predicted molar refractivity (Wildman–Crippen MR) is 288 cm³/mol. The highest BCUT2D eigenvalue weighted by molar-refractivity contribution is 5.71. The van der Waals surface area contributed by atoms with Crippen LogP contribution in [0, 0.1) is 0 Å². The standard InChI is InChI=1S/C61H104O6/c1-4-7-10-13-16-19-22-25-27-29-30-32-33-36-39-42-45-48-51-54-60(63)66-57-58(56-65-59(62)53-50-47-44-41-38-35-24-21-18-15-12-9-6-3)67-61(64)55-52-49-46-43-40-37-34-31-28-26-23-20-17-14-11-8-5-2/h7,10,16-17,19-20,25-28,35,38,44,47,58H,4-6,8-9,11-15,18,21-24,29-34,36-37,39-43,45-46,48-57H2,1-3H3/b10-7-,19-16-,20-17-,27-25-,28-26-,38-35-,47-44-. The first-order valence-corrected chi connectivity index (χ1v) is 28.1. The number of rotatable bonds is 50. The summed E-state index contributed by atoms with van der Waals surface area (Å²) < 4.78 is 16.8. The molecule has 0 radical (unpaired) electrons. The van der Waals surface area contributed by atoms with E-state index in [1.165, 1.54) is 135 Å². The van der Waals surface area contributed by atoms with Crippen LogP contribution >= 0.6 is 0 Å². The molecule has 0 saturated carbocycles. The summed E-state index contributed by atoms with van der Waals surface area (Å²) in [6.07, 6.45) is 71.5. The molecule has 0 aromatic heterocycles. The van der Waals surface area contributed by atoms with Crippen LogP contribution in [-0.4, -0.2) is 37.2 Å². The van der Waals surface area contributed by atoms with E-state index in [2.05, 4.69) is 99.8 Å². The van der Waals surface area contributed by atoms with Crippen LogP contribution in [0.3, 0.4) is 0 Å². The average molecular weight is 933 g/mol. The zero-order chi connectivity index (χ0) is 48.6. The summed E-state index contributed by atoms with van der Waals surface area (Å²) in [6, 6.07) is 0. The molecular weight excluding hydrogens is 829 g/mol. The molecule has 0 aliphatic rings. The maximum absolute atomic E-state index is 12.8. The monoisotopic (exact) mass is 933 g/mol. The van der Waals surface area contributed by atoms with E-state index in [0.29, 0.717) is 19.3 Å². The summed E-state index contributed by atoms with van der Waals surface area (Å²) in [5.74, 6) is -0.979. The van der Waals surface area contributed by atoms with Crippen LogP contribution in [0.4, 0.5) is 0 Å². The number of esters is 3. The van der Waals surface area contributed by atoms with E-state index >= 15 is 0 Å². The maximum Gasteiger partial charge on any atom is 0.306 e. The molecule has 0 fully saturated rings. The SMILES string of the molecule is CC/C=C\C/C=C\C/C=C\CCCCCCCCCCCC(=O)OCC(COC(=O)CC/C=C\C/C=C\CCCCCCCC)OC(=O)CCCCCCCCC/C=C\C/C=C\CCCCC. The van der Waals surface area contributed by atoms with Gasteiger partial charge in [0.25, 0.3) is 0 Å². The van der Waals surface area contributed by atoms with Gasteiger partial charge in [0.05, 0.1) is 0 Å². The lowest BCUT2D eigenvalue weighted by molar-refractivity contribution is -0.166. The highest BCUT2D eigenvalue weighted by atomic mass is 16.6. The summed E-state index contributed by atoms with van der Waals surface area (Å²) in [5.41, 5.74) is 0. The quantitative estimate of drug-likeness (QED) is 0.0262. The van der Waals surface area contributed by atoms with Gasteiger partial charge in [-0.05, 0) is 103 Å². The third-order valence-electron chi connectivity index (χ3n) is 11.9. The minimum Gasteiger partial charge on any atom is -0.462 e. The van der Waals surface area contributed by atoms with E-state index in [0.717, 1.165) is 83.5 Å². The molecule has 0 aromatic carbocycles. The van der Waals surface area contributed by atoms with E-state index in [1.54, 1.807) is 0 Å². The molecule has 384 valence electrons. The van der Waals surface area contributed by atoms with E-state index in [-0.39, 0.29) is 37.5 Å². The van der Waals surface area contributed by atoms with Crippen LogP contribution in [0.15, 0.2) is 85.1 Å². The predicted octanol–water partition coefficient (Wildman–Crippen LogP) is 18.8. The number of ether oxygens (including phenoxy) is 3. The Bertz CT molecular complexity index is 1300. The Labute approximate surface area is 414 Å². The number of unbranched alkanes of at least 4 members (excludes halogenated alkanes) is 25. The number of hydrogen-bond acceptors (Lipinski definition) is 6. The molecule has 0 N–H and O–H groups in total. The molecule has 0 saturated heterocycles. The first-order valence-electron chi connectivity index (χ1n) is 28.1. The molecule has 0 amide bonds. The highest BCUT2D eigenvalue weighted by Crippen LogP contribution is 2.15. The van der Waals surface area contributed by atoms with Crippen LogP contribution in [0.2, 0.25) is 0 Å². The lowest BCUT2D eigenvalue weighted by Crippen LogP contribution is -2.30. The fourth-order valence-electron chi connectivity index (χ4n) is 7.66. The second-order valence-electron chi connectivity index (χ2n) is 18.5. The lowest BCUT2D eigenvalue weighted by Gasteiger charge is -2.18. The van der Waals surface area contributed by atoms with Gasteiger partial charge in [0.15, 0.2) is 6.10 Å². The molecule has 1 atom stereocenters. The molecule has 6 heteroatoms. The maximum atomic E-state index is 12.8.